The summed E-state index contributed by atoms with van der Waals surface area (Å²) in [6, 6.07) is 7.89. The van der Waals surface area contributed by atoms with Gasteiger partial charge in [-0.2, -0.15) is 13.2 Å². The molecule has 6 nitrogen and oxygen atoms in total. The molecular formula is C15H15F3N2O4S. The van der Waals surface area contributed by atoms with Gasteiger partial charge in [-0.25, -0.2) is 13.1 Å². The van der Waals surface area contributed by atoms with Gasteiger partial charge in [-0.3, -0.25) is 4.79 Å². The van der Waals surface area contributed by atoms with Crippen molar-refractivity contribution in [3.63, 3.8) is 0 Å². The summed E-state index contributed by atoms with van der Waals surface area (Å²) >= 11 is 0. The Morgan fingerprint density at radius 1 is 1.12 bits per heavy atom. The molecule has 2 aromatic rings. The summed E-state index contributed by atoms with van der Waals surface area (Å²) in [5.74, 6) is 0.216. The maximum atomic E-state index is 12.1. The molecule has 0 atom stereocenters. The fourth-order valence-corrected chi connectivity index (χ4v) is 2.87. The van der Waals surface area contributed by atoms with Crippen molar-refractivity contribution in [1.29, 1.82) is 0 Å². The summed E-state index contributed by atoms with van der Waals surface area (Å²) in [4.78, 5) is 11.6. The molecule has 1 aromatic carbocycles. The second kappa shape index (κ2) is 7.28. The average Bonchev–Trinajstić information content (AvgIpc) is 3.02. The molecule has 0 unspecified atom stereocenters. The quantitative estimate of drug-likeness (QED) is 0.811. The van der Waals surface area contributed by atoms with E-state index in [9.17, 15) is 26.4 Å². The number of carbonyl (C=O) groups is 1. The van der Waals surface area contributed by atoms with Crippen LogP contribution in [0.5, 0.6) is 0 Å². The number of amides is 1. The Balaban J connectivity index is 2.05. The number of sulfonamides is 1. The van der Waals surface area contributed by atoms with Gasteiger partial charge in [-0.1, -0.05) is 6.92 Å². The van der Waals surface area contributed by atoms with E-state index in [-0.39, 0.29) is 16.3 Å². The minimum atomic E-state index is -4.65. The van der Waals surface area contributed by atoms with E-state index in [1.165, 1.54) is 22.9 Å². The Morgan fingerprint density at radius 2 is 1.76 bits per heavy atom. The van der Waals surface area contributed by atoms with Crippen LogP contribution in [0.4, 0.5) is 18.9 Å². The summed E-state index contributed by atoms with van der Waals surface area (Å²) < 4.78 is 66.6. The number of benzene rings is 1. The molecule has 0 aliphatic rings. The first-order valence-corrected chi connectivity index (χ1v) is 8.65. The molecule has 1 aromatic heterocycles. The first kappa shape index (κ1) is 19.0. The molecule has 1 amide bonds. The Kier molecular flexibility index (Phi) is 5.53. The number of furan rings is 1. The highest BCUT2D eigenvalue weighted by molar-refractivity contribution is 7.89. The van der Waals surface area contributed by atoms with E-state index in [1.54, 1.807) is 6.07 Å². The third-order valence-electron chi connectivity index (χ3n) is 3.12. The van der Waals surface area contributed by atoms with Crippen molar-refractivity contribution in [3.05, 3.63) is 47.9 Å². The van der Waals surface area contributed by atoms with Crippen LogP contribution in [-0.4, -0.2) is 27.0 Å². The van der Waals surface area contributed by atoms with Gasteiger partial charge in [-0.05, 0) is 36.4 Å². The lowest BCUT2D eigenvalue weighted by Gasteiger charge is -2.10. The third-order valence-corrected chi connectivity index (χ3v) is 4.54. The molecule has 10 heteroatoms. The highest BCUT2D eigenvalue weighted by Crippen LogP contribution is 2.18. The number of halogens is 3. The van der Waals surface area contributed by atoms with Crippen molar-refractivity contribution in [3.8, 4) is 0 Å². The number of alkyl halides is 3. The Labute approximate surface area is 142 Å². The molecule has 1 heterocycles. The van der Waals surface area contributed by atoms with Crippen LogP contribution in [0.25, 0.3) is 0 Å². The second-order valence-electron chi connectivity index (χ2n) is 5.04. The van der Waals surface area contributed by atoms with Crippen LogP contribution >= 0.6 is 0 Å². The first-order chi connectivity index (χ1) is 11.6. The number of nitrogens with one attached hydrogen (secondary N) is 2. The minimum Gasteiger partial charge on any atom is -0.456 e. The lowest BCUT2D eigenvalue weighted by Crippen LogP contribution is -2.33. The summed E-state index contributed by atoms with van der Waals surface area (Å²) in [5.41, 5.74) is 0.272. The zero-order chi connectivity index (χ0) is 18.7. The highest BCUT2D eigenvalue weighted by Gasteiger charge is 2.30. The van der Waals surface area contributed by atoms with Crippen molar-refractivity contribution < 1.29 is 30.8 Å². The zero-order valence-electron chi connectivity index (χ0n) is 13.1. The Hall–Kier alpha value is -2.33. The summed E-state index contributed by atoms with van der Waals surface area (Å²) in [7, 11) is -4.29. The zero-order valence-corrected chi connectivity index (χ0v) is 13.9. The number of hydrogen-bond acceptors (Lipinski definition) is 4. The van der Waals surface area contributed by atoms with Crippen LogP contribution < -0.4 is 10.0 Å². The normalized spacial score (nSPS) is 12.2. The molecule has 0 aliphatic heterocycles. The molecule has 2 N–H and O–H groups in total. The first-order valence-electron chi connectivity index (χ1n) is 7.17. The van der Waals surface area contributed by atoms with Gasteiger partial charge in [0.2, 0.25) is 10.0 Å². The molecule has 25 heavy (non-hydrogen) atoms. The summed E-state index contributed by atoms with van der Waals surface area (Å²) in [5, 5.41) is 2.50. The fraction of sp³-hybridized carbons (Fsp3) is 0.267. The molecule has 0 radical (unpaired) electrons. The predicted molar refractivity (Wildman–Crippen MR) is 83.7 cm³/mol. The van der Waals surface area contributed by atoms with Crippen LogP contribution in [0.3, 0.4) is 0 Å². The lowest BCUT2D eigenvalue weighted by molar-refractivity contribution is -0.121. The van der Waals surface area contributed by atoms with E-state index >= 15 is 0 Å². The molecule has 0 saturated heterocycles. The maximum absolute atomic E-state index is 12.1. The molecule has 0 saturated carbocycles. The van der Waals surface area contributed by atoms with E-state index in [1.807, 2.05) is 6.92 Å². The van der Waals surface area contributed by atoms with Gasteiger partial charge in [0.05, 0.1) is 4.90 Å². The number of aryl methyl sites for hydroxylation is 1. The van der Waals surface area contributed by atoms with Crippen LogP contribution in [-0.2, 0) is 16.4 Å². The van der Waals surface area contributed by atoms with E-state index in [0.29, 0.717) is 12.2 Å². The van der Waals surface area contributed by atoms with Gasteiger partial charge >= 0.3 is 6.18 Å². The summed E-state index contributed by atoms with van der Waals surface area (Å²) in [6.45, 7) is 0.207. The number of carbonyl (C=O) groups excluding carboxylic acids is 1. The molecule has 0 spiro atoms. The van der Waals surface area contributed by atoms with Crippen molar-refractivity contribution >= 4 is 21.6 Å². The maximum Gasteiger partial charge on any atom is 0.402 e. The fourth-order valence-electron chi connectivity index (χ4n) is 1.86. The number of anilines is 1. The topological polar surface area (TPSA) is 88.4 Å². The van der Waals surface area contributed by atoms with Crippen LogP contribution in [0.2, 0.25) is 0 Å². The van der Waals surface area contributed by atoms with Gasteiger partial charge < -0.3 is 9.73 Å². The van der Waals surface area contributed by atoms with Crippen LogP contribution in [0, 0.1) is 0 Å². The lowest BCUT2D eigenvalue weighted by atomic mass is 10.3. The Bertz CT molecular complexity index is 842. The third kappa shape index (κ3) is 5.33. The predicted octanol–water partition coefficient (Wildman–Crippen LogP) is 2.93. The smallest absolute Gasteiger partial charge is 0.402 e. The van der Waals surface area contributed by atoms with Crippen molar-refractivity contribution in [2.75, 3.05) is 11.9 Å². The standard InChI is InChI=1S/C15H15F3N2O4S/c1-2-11-5-8-13(24-11)14(21)20-10-3-6-12(7-4-10)25(22,23)19-9-15(16,17)18/h3-8,19H,2,9H2,1H3,(H,20,21). The molecule has 0 aliphatic carbocycles. The molecular weight excluding hydrogens is 361 g/mol. The number of rotatable bonds is 6. The molecule has 0 fully saturated rings. The van der Waals surface area contributed by atoms with Crippen molar-refractivity contribution in [2.24, 2.45) is 0 Å². The molecule has 0 bridgehead atoms. The van der Waals surface area contributed by atoms with E-state index in [2.05, 4.69) is 5.32 Å². The Morgan fingerprint density at radius 3 is 2.28 bits per heavy atom. The van der Waals surface area contributed by atoms with Crippen LogP contribution in [0.15, 0.2) is 45.7 Å². The van der Waals surface area contributed by atoms with Gasteiger partial charge in [0.1, 0.15) is 12.3 Å². The molecule has 2 rings (SSSR count). The number of hydrogen-bond donors (Lipinski definition) is 2. The van der Waals surface area contributed by atoms with Crippen molar-refractivity contribution in [1.82, 2.24) is 4.72 Å². The van der Waals surface area contributed by atoms with E-state index < -0.39 is 28.7 Å². The van der Waals surface area contributed by atoms with Gasteiger partial charge in [0.25, 0.3) is 5.91 Å². The van der Waals surface area contributed by atoms with Gasteiger partial charge in [-0.15, -0.1) is 0 Å². The largest absolute Gasteiger partial charge is 0.456 e. The highest BCUT2D eigenvalue weighted by atomic mass is 32.2. The summed E-state index contributed by atoms with van der Waals surface area (Å²) in [6.07, 6.45) is -4.02. The van der Waals surface area contributed by atoms with Gasteiger partial charge in [0.15, 0.2) is 5.76 Å². The second-order valence-corrected chi connectivity index (χ2v) is 6.80. The van der Waals surface area contributed by atoms with E-state index in [4.69, 9.17) is 4.42 Å². The van der Waals surface area contributed by atoms with Crippen molar-refractivity contribution in [2.45, 2.75) is 24.4 Å². The van der Waals surface area contributed by atoms with Crippen LogP contribution in [0.1, 0.15) is 23.2 Å². The monoisotopic (exact) mass is 376 g/mol. The van der Waals surface area contributed by atoms with Gasteiger partial charge in [0, 0.05) is 12.1 Å². The molecule has 136 valence electrons. The average molecular weight is 376 g/mol. The van der Waals surface area contributed by atoms with E-state index in [0.717, 1.165) is 12.1 Å². The SMILES string of the molecule is CCc1ccc(C(=O)Nc2ccc(S(=O)(=O)NCC(F)(F)F)cc2)o1. The minimum absolute atomic E-state index is 0.0976.